The lowest BCUT2D eigenvalue weighted by Gasteiger charge is -2.22. The third-order valence-electron chi connectivity index (χ3n) is 5.92. The summed E-state index contributed by atoms with van der Waals surface area (Å²) in [6.45, 7) is 4.50. The minimum atomic E-state index is 0.391. The maximum atomic E-state index is 5.44. The van der Waals surface area contributed by atoms with Crippen LogP contribution in [0.3, 0.4) is 0 Å². The highest BCUT2D eigenvalue weighted by Crippen LogP contribution is 2.40. The van der Waals surface area contributed by atoms with E-state index in [1.54, 1.807) is 14.2 Å². The van der Waals surface area contributed by atoms with E-state index in [0.717, 1.165) is 22.6 Å². The van der Waals surface area contributed by atoms with Crippen molar-refractivity contribution >= 4 is 11.1 Å². The molecule has 4 aromatic rings. The Labute approximate surface area is 197 Å². The van der Waals surface area contributed by atoms with Crippen molar-refractivity contribution in [2.45, 2.75) is 19.8 Å². The average molecular weight is 435 g/mol. The van der Waals surface area contributed by atoms with Crippen molar-refractivity contribution in [2.24, 2.45) is 0 Å². The maximum absolute atomic E-state index is 5.44. The molecule has 0 heterocycles. The molecule has 0 saturated carbocycles. The Morgan fingerprint density at radius 1 is 0.515 bits per heavy atom. The van der Waals surface area contributed by atoms with Crippen LogP contribution in [0.25, 0.3) is 11.1 Å². The van der Waals surface area contributed by atoms with Gasteiger partial charge in [-0.25, -0.2) is 0 Å². The summed E-state index contributed by atoms with van der Waals surface area (Å²) >= 11 is 0. The number of ether oxygens (including phenoxy) is 2. The van der Waals surface area contributed by atoms with Crippen LogP contribution in [0.5, 0.6) is 11.5 Å². The van der Waals surface area contributed by atoms with Gasteiger partial charge in [0.05, 0.1) is 14.2 Å². The summed E-state index contributed by atoms with van der Waals surface area (Å²) in [4.78, 5) is 0. The van der Waals surface area contributed by atoms with E-state index >= 15 is 0 Å². The van der Waals surface area contributed by atoms with E-state index in [1.807, 2.05) is 24.3 Å². The van der Waals surface area contributed by atoms with Crippen molar-refractivity contribution in [2.75, 3.05) is 14.2 Å². The normalized spacial score (nSPS) is 11.8. The van der Waals surface area contributed by atoms with Gasteiger partial charge in [-0.05, 0) is 69.1 Å². The molecule has 33 heavy (non-hydrogen) atoms. The van der Waals surface area contributed by atoms with Crippen LogP contribution in [-0.4, -0.2) is 14.2 Å². The minimum absolute atomic E-state index is 0.391. The molecule has 4 aromatic carbocycles. The molecule has 4 rings (SSSR count). The molecule has 0 aliphatic rings. The Kier molecular flexibility index (Phi) is 6.95. The summed E-state index contributed by atoms with van der Waals surface area (Å²) in [5.74, 6) is 2.09. The van der Waals surface area contributed by atoms with Crippen LogP contribution in [-0.2, 0) is 0 Å². The van der Waals surface area contributed by atoms with Crippen molar-refractivity contribution in [1.82, 2.24) is 0 Å². The number of methoxy groups -OCH3 is 2. The highest BCUT2D eigenvalue weighted by Gasteiger charge is 2.19. The molecule has 166 valence electrons. The smallest absolute Gasteiger partial charge is 0.118 e. The van der Waals surface area contributed by atoms with Gasteiger partial charge in [-0.3, -0.25) is 0 Å². The molecule has 0 radical (unpaired) electrons. The van der Waals surface area contributed by atoms with Crippen molar-refractivity contribution in [3.05, 3.63) is 131 Å². The molecular weight excluding hydrogens is 404 g/mol. The van der Waals surface area contributed by atoms with Crippen LogP contribution < -0.4 is 9.47 Å². The first-order valence-electron chi connectivity index (χ1n) is 11.3. The zero-order chi connectivity index (χ0) is 23.2. The Bertz CT molecular complexity index is 1220. The molecule has 0 N–H and O–H groups in total. The molecule has 0 aliphatic heterocycles. The third kappa shape index (κ3) is 4.85. The van der Waals surface area contributed by atoms with Gasteiger partial charge in [-0.15, -0.1) is 0 Å². The number of benzene rings is 4. The Morgan fingerprint density at radius 2 is 0.970 bits per heavy atom. The highest BCUT2D eigenvalue weighted by molar-refractivity contribution is 6.05. The first kappa shape index (κ1) is 22.4. The van der Waals surface area contributed by atoms with Crippen LogP contribution in [0, 0.1) is 0 Å². The Hall–Kier alpha value is -3.78. The van der Waals surface area contributed by atoms with E-state index in [-0.39, 0.29) is 0 Å². The van der Waals surface area contributed by atoms with Crippen LogP contribution in [0.1, 0.15) is 47.6 Å². The summed E-state index contributed by atoms with van der Waals surface area (Å²) in [5.41, 5.74) is 8.43. The van der Waals surface area contributed by atoms with Gasteiger partial charge < -0.3 is 9.47 Å². The van der Waals surface area contributed by atoms with Gasteiger partial charge in [0.1, 0.15) is 11.5 Å². The molecule has 0 unspecified atom stereocenters. The molecular formula is C31H30O2. The zero-order valence-electron chi connectivity index (χ0n) is 19.7. The van der Waals surface area contributed by atoms with Crippen LogP contribution in [0.15, 0.2) is 103 Å². The van der Waals surface area contributed by atoms with Crippen molar-refractivity contribution in [3.8, 4) is 11.5 Å². The van der Waals surface area contributed by atoms with Gasteiger partial charge in [0, 0.05) is 0 Å². The standard InChI is InChI=1S/C31H30O2/c1-22(2)28-12-8-9-13-29(28)31(25-16-20-27(33-4)21-17-25)30(23-10-6-5-7-11-23)24-14-18-26(32-3)19-15-24/h5-22H,1-4H3. The lowest BCUT2D eigenvalue weighted by molar-refractivity contribution is 0.414. The van der Waals surface area contributed by atoms with Crippen molar-refractivity contribution in [1.29, 1.82) is 0 Å². The lowest BCUT2D eigenvalue weighted by atomic mass is 9.82. The minimum Gasteiger partial charge on any atom is -0.497 e. The van der Waals surface area contributed by atoms with Gasteiger partial charge in [-0.1, -0.05) is 92.7 Å². The van der Waals surface area contributed by atoms with E-state index in [1.165, 1.54) is 27.8 Å². The van der Waals surface area contributed by atoms with Gasteiger partial charge >= 0.3 is 0 Å². The molecule has 0 atom stereocenters. The average Bonchev–Trinajstić information content (AvgIpc) is 2.88. The summed E-state index contributed by atoms with van der Waals surface area (Å²) in [6, 6.07) is 36.0. The molecule has 0 amide bonds. The van der Waals surface area contributed by atoms with Gasteiger partial charge in [-0.2, -0.15) is 0 Å². The maximum Gasteiger partial charge on any atom is 0.118 e. The quantitative estimate of drug-likeness (QED) is 0.276. The van der Waals surface area contributed by atoms with Crippen LogP contribution >= 0.6 is 0 Å². The monoisotopic (exact) mass is 434 g/mol. The first-order valence-corrected chi connectivity index (χ1v) is 11.3. The molecule has 0 aromatic heterocycles. The van der Waals surface area contributed by atoms with E-state index in [2.05, 4.69) is 92.7 Å². The SMILES string of the molecule is COc1ccc(C(=C(c2ccc(OC)cc2)c2ccccc2C(C)C)c2ccccc2)cc1. The van der Waals surface area contributed by atoms with Crippen LogP contribution in [0.2, 0.25) is 0 Å². The lowest BCUT2D eigenvalue weighted by Crippen LogP contribution is -2.02. The second-order valence-electron chi connectivity index (χ2n) is 8.31. The van der Waals surface area contributed by atoms with Gasteiger partial charge in [0.25, 0.3) is 0 Å². The molecule has 0 aliphatic carbocycles. The molecule has 0 fully saturated rings. The summed E-state index contributed by atoms with van der Waals surface area (Å²) in [7, 11) is 3.40. The first-order chi connectivity index (χ1) is 16.1. The molecule has 2 nitrogen and oxygen atoms in total. The highest BCUT2D eigenvalue weighted by atomic mass is 16.5. The second-order valence-corrected chi connectivity index (χ2v) is 8.31. The molecule has 0 bridgehead atoms. The second kappa shape index (κ2) is 10.2. The molecule has 2 heteroatoms. The fourth-order valence-electron chi connectivity index (χ4n) is 4.24. The summed E-state index contributed by atoms with van der Waals surface area (Å²) in [6.07, 6.45) is 0. The zero-order valence-corrected chi connectivity index (χ0v) is 19.7. The Morgan fingerprint density at radius 3 is 1.48 bits per heavy atom. The Balaban J connectivity index is 2.10. The van der Waals surface area contributed by atoms with E-state index in [9.17, 15) is 0 Å². The number of rotatable bonds is 7. The van der Waals surface area contributed by atoms with Gasteiger partial charge in [0.2, 0.25) is 0 Å². The van der Waals surface area contributed by atoms with Crippen LogP contribution in [0.4, 0.5) is 0 Å². The van der Waals surface area contributed by atoms with Gasteiger partial charge in [0.15, 0.2) is 0 Å². The fourth-order valence-corrected chi connectivity index (χ4v) is 4.24. The fraction of sp³-hybridized carbons (Fsp3) is 0.161. The van der Waals surface area contributed by atoms with E-state index in [4.69, 9.17) is 9.47 Å². The largest absolute Gasteiger partial charge is 0.497 e. The summed E-state index contributed by atoms with van der Waals surface area (Å²) in [5, 5.41) is 0. The number of hydrogen-bond donors (Lipinski definition) is 0. The topological polar surface area (TPSA) is 18.5 Å². The van der Waals surface area contributed by atoms with Crippen molar-refractivity contribution in [3.63, 3.8) is 0 Å². The van der Waals surface area contributed by atoms with E-state index in [0.29, 0.717) is 5.92 Å². The molecule has 0 spiro atoms. The molecule has 0 saturated heterocycles. The predicted molar refractivity (Wildman–Crippen MR) is 138 cm³/mol. The third-order valence-corrected chi connectivity index (χ3v) is 5.92. The predicted octanol–water partition coefficient (Wildman–Crippen LogP) is 7.83. The summed E-state index contributed by atoms with van der Waals surface area (Å²) < 4.78 is 10.9. The number of hydrogen-bond acceptors (Lipinski definition) is 2. The van der Waals surface area contributed by atoms with E-state index < -0.39 is 0 Å². The van der Waals surface area contributed by atoms with Crippen molar-refractivity contribution < 1.29 is 9.47 Å².